The molecule has 0 amide bonds. The standard InChI is InChI=1S/C3H7.2ClH.Ni/c1-3-2;;;/h1,3H2,2H3;2*1H;/q;;;+2/p-2. The molecule has 0 unspecified atom stereocenters. The molecule has 0 heterocycles. The van der Waals surface area contributed by atoms with Crippen molar-refractivity contribution in [3.63, 3.8) is 0 Å². The van der Waals surface area contributed by atoms with Gasteiger partial charge >= 0.3 is 50.8 Å². The molecule has 0 aromatic carbocycles. The van der Waals surface area contributed by atoms with Crippen LogP contribution < -0.4 is 0 Å². The normalized spacial score (nSPS) is 11.5. The van der Waals surface area contributed by atoms with Gasteiger partial charge in [0.1, 0.15) is 0 Å². The fourth-order valence-corrected chi connectivity index (χ4v) is 1.48. The Bertz CT molecular complexity index is 30.0. The number of rotatable bonds is 2. The summed E-state index contributed by atoms with van der Waals surface area (Å²) in [5, 5.41) is 0.948. The molecule has 0 atom stereocenters. The molecular weight excluding hydrogens is 166 g/mol. The van der Waals surface area contributed by atoms with Gasteiger partial charge in [-0.05, 0) is 0 Å². The number of halogens is 2. The van der Waals surface area contributed by atoms with Crippen LogP contribution in [0.4, 0.5) is 0 Å². The molecule has 0 aromatic heterocycles. The van der Waals surface area contributed by atoms with Crippen LogP contribution in [0.2, 0.25) is 5.39 Å². The van der Waals surface area contributed by atoms with Gasteiger partial charge in [0, 0.05) is 0 Å². The van der Waals surface area contributed by atoms with Crippen LogP contribution in [0.15, 0.2) is 0 Å². The van der Waals surface area contributed by atoms with Gasteiger partial charge in [-0.25, -0.2) is 0 Å². The molecule has 0 rings (SSSR count). The molecule has 0 spiro atoms. The zero-order chi connectivity index (χ0) is 4.99. The Kier molecular flexibility index (Phi) is 5.00. The molecule has 0 fully saturated rings. The van der Waals surface area contributed by atoms with Crippen molar-refractivity contribution in [2.45, 2.75) is 18.7 Å². The van der Waals surface area contributed by atoms with E-state index in [1.807, 2.05) is 0 Å². The van der Waals surface area contributed by atoms with Gasteiger partial charge in [-0.2, -0.15) is 0 Å². The quantitative estimate of drug-likeness (QED) is 0.562. The van der Waals surface area contributed by atoms with Crippen LogP contribution in [0.3, 0.4) is 0 Å². The van der Waals surface area contributed by atoms with Crippen LogP contribution in [0, 0.1) is 0 Å². The Hall–Kier alpha value is 1.07. The number of hydrogen-bond acceptors (Lipinski definition) is 0. The van der Waals surface area contributed by atoms with E-state index in [9.17, 15) is 0 Å². The molecule has 0 saturated heterocycles. The Morgan fingerprint density at radius 1 is 1.50 bits per heavy atom. The van der Waals surface area contributed by atoms with Gasteiger partial charge in [0.05, 0.1) is 0 Å². The second-order valence-corrected chi connectivity index (χ2v) is 4.92. The monoisotopic (exact) mass is 171 g/mol. The van der Waals surface area contributed by atoms with Crippen LogP contribution in [0.25, 0.3) is 0 Å². The molecule has 0 aliphatic heterocycles. The van der Waals surface area contributed by atoms with E-state index >= 15 is 0 Å². The van der Waals surface area contributed by atoms with Crippen molar-refractivity contribution in [1.82, 2.24) is 0 Å². The van der Waals surface area contributed by atoms with Crippen LogP contribution in [0.5, 0.6) is 0 Å². The minimum absolute atomic E-state index is 0.478. The summed E-state index contributed by atoms with van der Waals surface area (Å²) in [6.07, 6.45) is 1.09. The van der Waals surface area contributed by atoms with Crippen molar-refractivity contribution in [3.05, 3.63) is 0 Å². The van der Waals surface area contributed by atoms with E-state index in [2.05, 4.69) is 6.92 Å². The molecule has 0 nitrogen and oxygen atoms in total. The average molecular weight is 173 g/mol. The Morgan fingerprint density at radius 2 is 2.00 bits per heavy atom. The molecule has 0 radical (unpaired) electrons. The van der Waals surface area contributed by atoms with Crippen molar-refractivity contribution in [1.29, 1.82) is 0 Å². The molecule has 43 valence electrons. The van der Waals surface area contributed by atoms with E-state index in [4.69, 9.17) is 20.4 Å². The summed E-state index contributed by atoms with van der Waals surface area (Å²) < 4.78 is 0. The zero-order valence-electron chi connectivity index (χ0n) is 3.49. The summed E-state index contributed by atoms with van der Waals surface area (Å²) in [6, 6.07) is 0. The first-order valence-electron chi connectivity index (χ1n) is 1.67. The van der Waals surface area contributed by atoms with E-state index in [0.29, 0.717) is 0 Å². The molecular formula is C3H7Cl2Ni. The minimum atomic E-state index is -0.478. The molecule has 6 heavy (non-hydrogen) atoms. The van der Waals surface area contributed by atoms with Gasteiger partial charge in [0.2, 0.25) is 0 Å². The van der Waals surface area contributed by atoms with Crippen molar-refractivity contribution in [2.24, 2.45) is 0 Å². The van der Waals surface area contributed by atoms with E-state index < -0.39 is 11.6 Å². The zero-order valence-corrected chi connectivity index (χ0v) is 5.99. The third-order valence-electron chi connectivity index (χ3n) is 0.278. The van der Waals surface area contributed by atoms with Gasteiger partial charge < -0.3 is 0 Å². The van der Waals surface area contributed by atoms with Crippen LogP contribution >= 0.6 is 20.4 Å². The molecule has 0 aliphatic carbocycles. The van der Waals surface area contributed by atoms with Gasteiger partial charge in [0.15, 0.2) is 0 Å². The Morgan fingerprint density at radius 3 is 2.00 bits per heavy atom. The second kappa shape index (κ2) is 4.24. The topological polar surface area (TPSA) is 0 Å². The van der Waals surface area contributed by atoms with Crippen LogP contribution in [0.1, 0.15) is 13.3 Å². The van der Waals surface area contributed by atoms with E-state index in [1.165, 1.54) is 0 Å². The third-order valence-corrected chi connectivity index (χ3v) is 2.13. The number of hydrogen-bond donors (Lipinski definition) is 0. The molecule has 0 bridgehead atoms. The Labute approximate surface area is 51.0 Å². The fourth-order valence-electron chi connectivity index (χ4n) is 0.120. The van der Waals surface area contributed by atoms with Crippen LogP contribution in [-0.4, -0.2) is 0 Å². The predicted octanol–water partition coefficient (Wildman–Crippen LogP) is 2.74. The van der Waals surface area contributed by atoms with Crippen molar-refractivity contribution < 1.29 is 11.6 Å². The van der Waals surface area contributed by atoms with Gasteiger partial charge in [-0.3, -0.25) is 0 Å². The fraction of sp³-hybridized carbons (Fsp3) is 1.00. The van der Waals surface area contributed by atoms with Gasteiger partial charge in [-0.15, -0.1) is 0 Å². The summed E-state index contributed by atoms with van der Waals surface area (Å²) in [7, 11) is 10.8. The van der Waals surface area contributed by atoms with Crippen molar-refractivity contribution in [3.8, 4) is 0 Å². The molecule has 0 saturated carbocycles. The van der Waals surface area contributed by atoms with Crippen molar-refractivity contribution in [2.75, 3.05) is 0 Å². The van der Waals surface area contributed by atoms with Gasteiger partial charge in [-0.1, -0.05) is 0 Å². The van der Waals surface area contributed by atoms with Gasteiger partial charge in [0.25, 0.3) is 0 Å². The summed E-state index contributed by atoms with van der Waals surface area (Å²) in [5.74, 6) is 0. The summed E-state index contributed by atoms with van der Waals surface area (Å²) in [4.78, 5) is 0. The average Bonchev–Trinajstić information content (AvgIpc) is 1.35. The van der Waals surface area contributed by atoms with Crippen molar-refractivity contribution >= 4 is 20.4 Å². The SMILES string of the molecule is CC[CH2][Ni]([Cl])[Cl]. The maximum atomic E-state index is 5.38. The van der Waals surface area contributed by atoms with E-state index in [-0.39, 0.29) is 0 Å². The Balaban J connectivity index is 2.63. The first-order chi connectivity index (χ1) is 2.77. The second-order valence-electron chi connectivity index (χ2n) is 0.872. The van der Waals surface area contributed by atoms with E-state index in [1.54, 1.807) is 0 Å². The van der Waals surface area contributed by atoms with Crippen LogP contribution in [-0.2, 0) is 11.6 Å². The predicted molar refractivity (Wildman–Crippen MR) is 26.8 cm³/mol. The van der Waals surface area contributed by atoms with E-state index in [0.717, 1.165) is 11.8 Å². The summed E-state index contributed by atoms with van der Waals surface area (Å²) in [6.45, 7) is 2.06. The summed E-state index contributed by atoms with van der Waals surface area (Å²) in [5.41, 5.74) is 0. The molecule has 0 aliphatic rings. The maximum absolute atomic E-state index is 5.38. The molecule has 0 N–H and O–H groups in total. The first-order valence-corrected chi connectivity index (χ1v) is 5.09. The molecule has 3 heteroatoms. The molecule has 0 aromatic rings. The summed E-state index contributed by atoms with van der Waals surface area (Å²) >= 11 is -0.478. The third kappa shape index (κ3) is 5.07. The first kappa shape index (κ1) is 7.07.